The van der Waals surface area contributed by atoms with Crippen molar-refractivity contribution in [1.29, 1.82) is 0 Å². The Balaban J connectivity index is 0. The normalized spacial score (nSPS) is 8.22. The average molecular weight is 150 g/mol. The quantitative estimate of drug-likeness (QED) is 0.476. The Bertz CT molecular complexity index is 71.3. The summed E-state index contributed by atoms with van der Waals surface area (Å²) in [7, 11) is 0. The molecule has 1 N–H and O–H groups in total. The summed E-state index contributed by atoms with van der Waals surface area (Å²) in [6, 6.07) is 0. The van der Waals surface area contributed by atoms with E-state index in [0.29, 0.717) is 0 Å². The summed E-state index contributed by atoms with van der Waals surface area (Å²) >= 11 is 0. The van der Waals surface area contributed by atoms with E-state index in [2.05, 4.69) is 25.7 Å². The molecule has 0 fully saturated rings. The van der Waals surface area contributed by atoms with E-state index in [4.69, 9.17) is 0 Å². The minimum atomic E-state index is 0. The third-order valence-corrected chi connectivity index (χ3v) is 0.979. The minimum Gasteiger partial charge on any atom is -0.317 e. The van der Waals surface area contributed by atoms with Crippen LogP contribution in [-0.2, 0) is 0 Å². The van der Waals surface area contributed by atoms with Crippen LogP contribution in [-0.4, -0.2) is 13.1 Å². The molecular formula is C7H16ClN. The van der Waals surface area contributed by atoms with E-state index in [0.717, 1.165) is 19.5 Å². The van der Waals surface area contributed by atoms with Gasteiger partial charge in [-0.05, 0) is 26.4 Å². The van der Waals surface area contributed by atoms with E-state index in [9.17, 15) is 0 Å². The fourth-order valence-electron chi connectivity index (χ4n) is 0.479. The summed E-state index contributed by atoms with van der Waals surface area (Å²) in [5, 5.41) is 3.22. The molecule has 0 amide bonds. The molecule has 0 aromatic heterocycles. The lowest BCUT2D eigenvalue weighted by Gasteiger charge is -1.98. The maximum atomic E-state index is 3.79. The van der Waals surface area contributed by atoms with E-state index >= 15 is 0 Å². The van der Waals surface area contributed by atoms with Gasteiger partial charge >= 0.3 is 0 Å². The van der Waals surface area contributed by atoms with Gasteiger partial charge in [-0.25, -0.2) is 0 Å². The van der Waals surface area contributed by atoms with Gasteiger partial charge in [0.1, 0.15) is 0 Å². The van der Waals surface area contributed by atoms with Crippen LogP contribution < -0.4 is 5.32 Å². The van der Waals surface area contributed by atoms with Crippen LogP contribution in [0, 0.1) is 0 Å². The van der Waals surface area contributed by atoms with Crippen LogP contribution in [0.3, 0.4) is 0 Å². The molecule has 9 heavy (non-hydrogen) atoms. The van der Waals surface area contributed by atoms with E-state index in [1.807, 2.05) is 0 Å². The van der Waals surface area contributed by atoms with Crippen LogP contribution in [0.1, 0.15) is 20.3 Å². The van der Waals surface area contributed by atoms with Gasteiger partial charge in [0.15, 0.2) is 0 Å². The predicted molar refractivity (Wildman–Crippen MR) is 45.2 cm³/mol. The second kappa shape index (κ2) is 7.99. The van der Waals surface area contributed by atoms with Crippen molar-refractivity contribution in [2.24, 2.45) is 0 Å². The lowest BCUT2D eigenvalue weighted by molar-refractivity contribution is 0.714. The van der Waals surface area contributed by atoms with Crippen molar-refractivity contribution >= 4 is 12.4 Å². The fourth-order valence-corrected chi connectivity index (χ4v) is 0.479. The first-order valence-corrected chi connectivity index (χ1v) is 3.12. The van der Waals surface area contributed by atoms with Gasteiger partial charge in [-0.3, -0.25) is 0 Å². The van der Waals surface area contributed by atoms with Gasteiger partial charge in [-0.1, -0.05) is 12.5 Å². The first kappa shape index (κ1) is 11.7. The van der Waals surface area contributed by atoms with Crippen LogP contribution in [0.5, 0.6) is 0 Å². The zero-order valence-corrected chi connectivity index (χ0v) is 7.05. The smallest absolute Gasteiger partial charge is 0.00119 e. The molecule has 0 aliphatic heterocycles. The molecule has 0 atom stereocenters. The van der Waals surface area contributed by atoms with E-state index < -0.39 is 0 Å². The van der Waals surface area contributed by atoms with Crippen LogP contribution in [0.4, 0.5) is 0 Å². The third-order valence-electron chi connectivity index (χ3n) is 0.979. The van der Waals surface area contributed by atoms with Crippen molar-refractivity contribution in [2.45, 2.75) is 20.3 Å². The third kappa shape index (κ3) is 11.5. The molecule has 0 radical (unpaired) electrons. The topological polar surface area (TPSA) is 12.0 Å². The van der Waals surface area contributed by atoms with Gasteiger partial charge in [0.05, 0.1) is 0 Å². The Labute approximate surface area is 63.9 Å². The Hall–Kier alpha value is -0.0100. The summed E-state index contributed by atoms with van der Waals surface area (Å²) in [6.45, 7) is 10.1. The van der Waals surface area contributed by atoms with Crippen molar-refractivity contribution < 1.29 is 0 Å². The molecule has 0 aromatic carbocycles. The van der Waals surface area contributed by atoms with Crippen molar-refractivity contribution in [2.75, 3.05) is 13.1 Å². The number of halogens is 1. The summed E-state index contributed by atoms with van der Waals surface area (Å²) in [6.07, 6.45) is 1.10. The van der Waals surface area contributed by atoms with Crippen LogP contribution in [0.15, 0.2) is 12.2 Å². The number of rotatable bonds is 4. The average Bonchev–Trinajstić information content (AvgIpc) is 1.66. The second-order valence-corrected chi connectivity index (χ2v) is 2.06. The van der Waals surface area contributed by atoms with Crippen molar-refractivity contribution in [3.05, 3.63) is 12.2 Å². The Kier molecular flexibility index (Phi) is 10.4. The number of nitrogens with one attached hydrogen (secondary N) is 1. The maximum Gasteiger partial charge on any atom is -0.00119 e. The summed E-state index contributed by atoms with van der Waals surface area (Å²) < 4.78 is 0. The molecule has 56 valence electrons. The van der Waals surface area contributed by atoms with Gasteiger partial charge in [-0.2, -0.15) is 0 Å². The molecule has 0 aromatic rings. The van der Waals surface area contributed by atoms with Crippen molar-refractivity contribution in [1.82, 2.24) is 5.32 Å². The highest BCUT2D eigenvalue weighted by Gasteiger charge is 1.82. The fraction of sp³-hybridized carbons (Fsp3) is 0.714. The SMILES string of the molecule is C=C(C)CCNCC.Cl. The van der Waals surface area contributed by atoms with Crippen LogP contribution >= 0.6 is 12.4 Å². The summed E-state index contributed by atoms with van der Waals surface area (Å²) in [4.78, 5) is 0. The van der Waals surface area contributed by atoms with Crippen LogP contribution in [0.25, 0.3) is 0 Å². The van der Waals surface area contributed by atoms with Crippen LogP contribution in [0.2, 0.25) is 0 Å². The Morgan fingerprint density at radius 2 is 2.11 bits per heavy atom. The molecule has 0 aliphatic carbocycles. The van der Waals surface area contributed by atoms with E-state index in [1.54, 1.807) is 0 Å². The predicted octanol–water partition coefficient (Wildman–Crippen LogP) is 1.98. The maximum absolute atomic E-state index is 3.79. The van der Waals surface area contributed by atoms with Crippen molar-refractivity contribution in [3.8, 4) is 0 Å². The zero-order chi connectivity index (χ0) is 6.41. The summed E-state index contributed by atoms with van der Waals surface area (Å²) in [5.74, 6) is 0. The molecule has 1 nitrogen and oxygen atoms in total. The summed E-state index contributed by atoms with van der Waals surface area (Å²) in [5.41, 5.74) is 1.26. The van der Waals surface area contributed by atoms with Gasteiger partial charge in [0, 0.05) is 0 Å². The van der Waals surface area contributed by atoms with Gasteiger partial charge in [0.25, 0.3) is 0 Å². The van der Waals surface area contributed by atoms with E-state index in [-0.39, 0.29) is 12.4 Å². The monoisotopic (exact) mass is 149 g/mol. The number of hydrogen-bond acceptors (Lipinski definition) is 1. The van der Waals surface area contributed by atoms with Crippen molar-refractivity contribution in [3.63, 3.8) is 0 Å². The standard InChI is InChI=1S/C7H15N.ClH/c1-4-8-6-5-7(2)3;/h8H,2,4-6H2,1,3H3;1H. The Morgan fingerprint density at radius 3 is 2.44 bits per heavy atom. The minimum absolute atomic E-state index is 0. The first-order valence-electron chi connectivity index (χ1n) is 3.12. The zero-order valence-electron chi connectivity index (χ0n) is 6.24. The highest BCUT2D eigenvalue weighted by Crippen LogP contribution is 1.90. The second-order valence-electron chi connectivity index (χ2n) is 2.06. The van der Waals surface area contributed by atoms with Gasteiger partial charge in [0.2, 0.25) is 0 Å². The first-order chi connectivity index (χ1) is 3.77. The molecular weight excluding hydrogens is 134 g/mol. The molecule has 0 spiro atoms. The molecule has 0 unspecified atom stereocenters. The Morgan fingerprint density at radius 1 is 1.56 bits per heavy atom. The van der Waals surface area contributed by atoms with Gasteiger partial charge in [-0.15, -0.1) is 19.0 Å². The molecule has 0 heterocycles. The molecule has 0 saturated carbocycles. The lowest BCUT2D eigenvalue weighted by Crippen LogP contribution is -2.13. The molecule has 0 aliphatic rings. The van der Waals surface area contributed by atoms with Gasteiger partial charge < -0.3 is 5.32 Å². The largest absolute Gasteiger partial charge is 0.317 e. The molecule has 0 saturated heterocycles. The number of hydrogen-bond donors (Lipinski definition) is 1. The molecule has 0 rings (SSSR count). The highest BCUT2D eigenvalue weighted by atomic mass is 35.5. The molecule has 2 heteroatoms. The lowest BCUT2D eigenvalue weighted by atomic mass is 10.2. The van der Waals surface area contributed by atoms with E-state index in [1.165, 1.54) is 5.57 Å². The molecule has 0 bridgehead atoms. The highest BCUT2D eigenvalue weighted by molar-refractivity contribution is 5.85.